The molecule has 4 aromatic rings. The van der Waals surface area contributed by atoms with E-state index < -0.39 is 0 Å². The van der Waals surface area contributed by atoms with Crippen molar-refractivity contribution in [2.45, 2.75) is 75.2 Å². The summed E-state index contributed by atoms with van der Waals surface area (Å²) in [6, 6.07) is 15.4. The maximum atomic E-state index is 6.43. The number of fused-ring (bicyclic) bond motifs is 5. The Morgan fingerprint density at radius 3 is 2.33 bits per heavy atom. The van der Waals surface area contributed by atoms with Gasteiger partial charge in [0.1, 0.15) is 23.5 Å². The van der Waals surface area contributed by atoms with Crippen LogP contribution in [0, 0.1) is 18.3 Å². The van der Waals surface area contributed by atoms with Crippen molar-refractivity contribution in [2.75, 3.05) is 6.61 Å². The zero-order valence-electron chi connectivity index (χ0n) is 32.4. The van der Waals surface area contributed by atoms with Crippen LogP contribution in [0.5, 0.6) is 5.75 Å². The van der Waals surface area contributed by atoms with Gasteiger partial charge in [-0.15, -0.1) is 12.3 Å². The van der Waals surface area contributed by atoms with Gasteiger partial charge in [-0.1, -0.05) is 132 Å². The Hall–Kier alpha value is -5.26. The van der Waals surface area contributed by atoms with Gasteiger partial charge in [0.2, 0.25) is 0 Å². The topological polar surface area (TPSA) is 22.4 Å². The van der Waals surface area contributed by atoms with E-state index in [4.69, 9.17) is 9.15 Å². The summed E-state index contributed by atoms with van der Waals surface area (Å²) in [5, 5.41) is 4.59. The SMILES string of the molecule is C#CC.C=C\C=C/C=C(C)/C=C(\C=C/C)C(C)C/C=C\C(=C/C)c1ccc2c(c1)oc1cc3cc4c(cc3cc12)C/C=C\C=C/CO4.CC.CC. The van der Waals surface area contributed by atoms with E-state index in [9.17, 15) is 0 Å². The van der Waals surface area contributed by atoms with E-state index in [2.05, 4.69) is 144 Å². The van der Waals surface area contributed by atoms with E-state index in [1.165, 1.54) is 27.7 Å². The van der Waals surface area contributed by atoms with Crippen LogP contribution in [0.25, 0.3) is 38.3 Å². The highest BCUT2D eigenvalue weighted by atomic mass is 16.5. The van der Waals surface area contributed by atoms with Crippen LogP contribution >= 0.6 is 0 Å². The predicted molar refractivity (Wildman–Crippen MR) is 228 cm³/mol. The number of rotatable bonds is 9. The Balaban J connectivity index is 0.00000120. The second-order valence-corrected chi connectivity index (χ2v) is 11.6. The van der Waals surface area contributed by atoms with Crippen molar-refractivity contribution in [3.8, 4) is 18.1 Å². The van der Waals surface area contributed by atoms with E-state index in [0.717, 1.165) is 51.5 Å². The van der Waals surface area contributed by atoms with Crippen LogP contribution in [0.15, 0.2) is 150 Å². The van der Waals surface area contributed by atoms with Crippen molar-refractivity contribution in [2.24, 2.45) is 5.92 Å². The molecule has 0 N–H and O–H groups in total. The van der Waals surface area contributed by atoms with Crippen LogP contribution in [0.2, 0.25) is 0 Å². The highest BCUT2D eigenvalue weighted by molar-refractivity contribution is 6.10. The molecule has 0 spiro atoms. The van der Waals surface area contributed by atoms with Crippen molar-refractivity contribution in [1.82, 2.24) is 0 Å². The molecule has 2 heterocycles. The van der Waals surface area contributed by atoms with Crippen LogP contribution in [0.4, 0.5) is 0 Å². The summed E-state index contributed by atoms with van der Waals surface area (Å²) in [7, 11) is 0. The lowest BCUT2D eigenvalue weighted by Gasteiger charge is -2.11. The van der Waals surface area contributed by atoms with Gasteiger partial charge >= 0.3 is 0 Å². The molecule has 5 rings (SSSR count). The van der Waals surface area contributed by atoms with Crippen LogP contribution in [-0.4, -0.2) is 6.61 Å². The maximum absolute atomic E-state index is 6.43. The number of hydrogen-bond acceptors (Lipinski definition) is 2. The van der Waals surface area contributed by atoms with Gasteiger partial charge in [-0.05, 0) is 122 Å². The van der Waals surface area contributed by atoms with Gasteiger partial charge in [-0.25, -0.2) is 0 Å². The van der Waals surface area contributed by atoms with E-state index in [-0.39, 0.29) is 0 Å². The molecular weight excluding hydrogens is 621 g/mol. The van der Waals surface area contributed by atoms with Gasteiger partial charge in [0, 0.05) is 10.8 Å². The molecule has 0 fully saturated rings. The molecule has 0 saturated heterocycles. The third-order valence-corrected chi connectivity index (χ3v) is 8.03. The smallest absolute Gasteiger partial charge is 0.136 e. The number of furan rings is 1. The molecule has 0 bridgehead atoms. The standard InChI is InChI=1S/C42H42O2.C3H4.2C2H6/c1-6-9-12-17-30(4)24-33(16-7-2)31(5)18-15-20-32(8-3)34-21-22-38-39-26-36-25-35-19-13-10-11-14-23-43-40(35)28-37(36)29-42(39)44-41(38)27-34;1-3-2;2*1-2/h6-17,20-22,24-29,31H,1,18-19,23H2,2-5H3;1H,2H3;2*1-2H3/b12-9-,13-10-,14-11-,16-7-,20-15-,30-17+,32-8+,33-24+;;;. The minimum absolute atomic E-state index is 0.390. The molecule has 0 radical (unpaired) electrons. The minimum atomic E-state index is 0.390. The Morgan fingerprint density at radius 1 is 0.922 bits per heavy atom. The highest BCUT2D eigenvalue weighted by Crippen LogP contribution is 2.36. The molecule has 1 aromatic heterocycles. The predicted octanol–water partition coefficient (Wildman–Crippen LogP) is 14.7. The van der Waals surface area contributed by atoms with Crippen molar-refractivity contribution in [3.63, 3.8) is 0 Å². The van der Waals surface area contributed by atoms with Crippen LogP contribution in [0.1, 0.15) is 79.9 Å². The van der Waals surface area contributed by atoms with Crippen LogP contribution < -0.4 is 4.74 Å². The average Bonchev–Trinajstić information content (AvgIpc) is 3.55. The molecule has 1 aliphatic rings. The largest absolute Gasteiger partial charge is 0.489 e. The Labute approximate surface area is 308 Å². The molecule has 3 aromatic carbocycles. The molecule has 1 unspecified atom stereocenters. The summed E-state index contributed by atoms with van der Waals surface area (Å²) in [4.78, 5) is 0. The number of hydrogen-bond donors (Lipinski definition) is 0. The van der Waals surface area contributed by atoms with Crippen LogP contribution in [0.3, 0.4) is 0 Å². The molecule has 0 aliphatic carbocycles. The first-order valence-electron chi connectivity index (χ1n) is 18.3. The number of benzene rings is 3. The molecule has 0 amide bonds. The molecular formula is C49H58O2. The monoisotopic (exact) mass is 678 g/mol. The molecule has 2 heteroatoms. The summed E-state index contributed by atoms with van der Waals surface area (Å²) >= 11 is 0. The summed E-state index contributed by atoms with van der Waals surface area (Å²) in [6.45, 7) is 22.5. The average molecular weight is 679 g/mol. The fourth-order valence-corrected chi connectivity index (χ4v) is 5.66. The van der Waals surface area contributed by atoms with E-state index >= 15 is 0 Å². The quantitative estimate of drug-likeness (QED) is 0.130. The normalized spacial score (nSPS) is 15.3. The Kier molecular flexibility index (Phi) is 19.1. The molecule has 2 nitrogen and oxygen atoms in total. The second-order valence-electron chi connectivity index (χ2n) is 11.6. The van der Waals surface area contributed by atoms with Gasteiger partial charge in [-0.3, -0.25) is 0 Å². The third kappa shape index (κ3) is 12.2. The van der Waals surface area contributed by atoms with E-state index in [0.29, 0.717) is 12.5 Å². The zero-order valence-corrected chi connectivity index (χ0v) is 32.4. The second kappa shape index (κ2) is 23.2. The summed E-state index contributed by atoms with van der Waals surface area (Å²) in [5.74, 6) is 3.58. The van der Waals surface area contributed by atoms with Gasteiger partial charge in [0.15, 0.2) is 0 Å². The van der Waals surface area contributed by atoms with E-state index in [1.54, 1.807) is 13.0 Å². The van der Waals surface area contributed by atoms with Crippen molar-refractivity contribution >= 4 is 38.3 Å². The molecule has 266 valence electrons. The number of ether oxygens (including phenoxy) is 1. The molecule has 1 aliphatic heterocycles. The zero-order chi connectivity index (χ0) is 37.6. The lowest BCUT2D eigenvalue weighted by Crippen LogP contribution is -1.97. The minimum Gasteiger partial charge on any atom is -0.489 e. The molecule has 1 atom stereocenters. The number of terminal acetylenes is 1. The first-order valence-corrected chi connectivity index (χ1v) is 18.3. The Bertz CT molecular complexity index is 2000. The first-order chi connectivity index (χ1) is 24.9. The fourth-order valence-electron chi connectivity index (χ4n) is 5.66. The van der Waals surface area contributed by atoms with Gasteiger partial charge in [-0.2, -0.15) is 0 Å². The number of allylic oxidation sites excluding steroid dienone is 16. The van der Waals surface area contributed by atoms with Crippen molar-refractivity contribution < 1.29 is 9.15 Å². The third-order valence-electron chi connectivity index (χ3n) is 8.03. The van der Waals surface area contributed by atoms with Gasteiger partial charge < -0.3 is 9.15 Å². The Morgan fingerprint density at radius 2 is 1.63 bits per heavy atom. The van der Waals surface area contributed by atoms with Crippen molar-refractivity contribution in [3.05, 3.63) is 156 Å². The van der Waals surface area contributed by atoms with Gasteiger partial charge in [0.05, 0.1) is 0 Å². The maximum Gasteiger partial charge on any atom is 0.136 e. The summed E-state index contributed by atoms with van der Waals surface area (Å²) in [5.41, 5.74) is 7.87. The lowest BCUT2D eigenvalue weighted by molar-refractivity contribution is 0.360. The fraction of sp³-hybridized carbons (Fsp3) is 0.265. The molecule has 51 heavy (non-hydrogen) atoms. The van der Waals surface area contributed by atoms with Crippen molar-refractivity contribution in [1.29, 1.82) is 0 Å². The molecule has 0 saturated carbocycles. The van der Waals surface area contributed by atoms with E-state index in [1.807, 2.05) is 52.0 Å². The van der Waals surface area contributed by atoms with Gasteiger partial charge in [0.25, 0.3) is 0 Å². The van der Waals surface area contributed by atoms with Crippen LogP contribution in [-0.2, 0) is 6.42 Å². The summed E-state index contributed by atoms with van der Waals surface area (Å²) in [6.07, 6.45) is 35.9. The lowest BCUT2D eigenvalue weighted by atomic mass is 9.94. The highest BCUT2D eigenvalue weighted by Gasteiger charge is 2.13. The first kappa shape index (κ1) is 41.9. The summed E-state index contributed by atoms with van der Waals surface area (Å²) < 4.78 is 12.5.